The molecule has 7 heteroatoms. The minimum absolute atomic E-state index is 0.0398. The molecule has 5 nitrogen and oxygen atoms in total. The first-order valence-corrected chi connectivity index (χ1v) is 9.68. The third-order valence-corrected chi connectivity index (χ3v) is 5.54. The normalized spacial score (nSPS) is 11.3. The Bertz CT molecular complexity index is 833. The molecule has 0 spiro atoms. The van der Waals surface area contributed by atoms with Gasteiger partial charge in [0.1, 0.15) is 0 Å². The lowest BCUT2D eigenvalue weighted by molar-refractivity contribution is -0.116. The number of halogens is 1. The van der Waals surface area contributed by atoms with Gasteiger partial charge in [-0.1, -0.05) is 28.1 Å². The van der Waals surface area contributed by atoms with E-state index in [0.29, 0.717) is 11.3 Å². The highest BCUT2D eigenvalue weighted by molar-refractivity contribution is 9.10. The van der Waals surface area contributed by atoms with Crippen molar-refractivity contribution in [3.8, 4) is 0 Å². The van der Waals surface area contributed by atoms with Crippen LogP contribution in [0.1, 0.15) is 17.5 Å². The number of hydrogen-bond acceptors (Lipinski definition) is 3. The van der Waals surface area contributed by atoms with Crippen LogP contribution in [0.2, 0.25) is 0 Å². The summed E-state index contributed by atoms with van der Waals surface area (Å²) in [6, 6.07) is 12.4. The Labute approximate surface area is 150 Å². The number of hydrogen-bond donors (Lipinski definition) is 2. The first kappa shape index (κ1) is 18.6. The summed E-state index contributed by atoms with van der Waals surface area (Å²) in [6.07, 6.45) is 0.0557. The van der Waals surface area contributed by atoms with Gasteiger partial charge < -0.3 is 5.32 Å². The number of carbonyl (C=O) groups is 1. The number of sulfonamides is 1. The van der Waals surface area contributed by atoms with Crippen LogP contribution in [-0.4, -0.2) is 20.9 Å². The third-order valence-electron chi connectivity index (χ3n) is 3.41. The summed E-state index contributed by atoms with van der Waals surface area (Å²) < 4.78 is 28.1. The fourth-order valence-corrected chi connectivity index (χ4v) is 3.75. The number of carbonyl (C=O) groups excluding carboxylic acids is 1. The number of rotatable bonds is 6. The summed E-state index contributed by atoms with van der Waals surface area (Å²) in [5.41, 5.74) is 2.21. The smallest absolute Gasteiger partial charge is 0.240 e. The molecule has 0 aromatic heterocycles. The highest BCUT2D eigenvalue weighted by Gasteiger charge is 2.17. The van der Waals surface area contributed by atoms with Crippen LogP contribution >= 0.6 is 15.9 Å². The van der Waals surface area contributed by atoms with Crippen LogP contribution in [-0.2, 0) is 14.8 Å². The summed E-state index contributed by atoms with van der Waals surface area (Å²) in [5, 5.41) is 2.72. The molecule has 0 fully saturated rings. The van der Waals surface area contributed by atoms with Gasteiger partial charge in [-0.25, -0.2) is 13.1 Å². The number of aryl methyl sites for hydroxylation is 2. The van der Waals surface area contributed by atoms with E-state index in [1.807, 2.05) is 25.1 Å². The molecule has 2 rings (SSSR count). The van der Waals surface area contributed by atoms with Gasteiger partial charge in [0.25, 0.3) is 0 Å². The van der Waals surface area contributed by atoms with Crippen molar-refractivity contribution in [2.75, 3.05) is 11.9 Å². The van der Waals surface area contributed by atoms with Crippen molar-refractivity contribution in [3.05, 3.63) is 58.1 Å². The Balaban J connectivity index is 1.91. The second-order valence-electron chi connectivity index (χ2n) is 5.47. The van der Waals surface area contributed by atoms with Gasteiger partial charge in [-0.05, 0) is 55.3 Å². The van der Waals surface area contributed by atoms with E-state index < -0.39 is 10.0 Å². The zero-order valence-electron chi connectivity index (χ0n) is 13.5. The number of amides is 1. The lowest BCUT2D eigenvalue weighted by atomic mass is 10.2. The van der Waals surface area contributed by atoms with Gasteiger partial charge in [0.05, 0.1) is 4.90 Å². The van der Waals surface area contributed by atoms with Gasteiger partial charge in [-0.15, -0.1) is 0 Å². The van der Waals surface area contributed by atoms with Crippen molar-refractivity contribution in [2.45, 2.75) is 25.2 Å². The van der Waals surface area contributed by atoms with Gasteiger partial charge in [0, 0.05) is 23.1 Å². The van der Waals surface area contributed by atoms with Crippen molar-refractivity contribution in [1.29, 1.82) is 0 Å². The molecule has 0 aliphatic rings. The number of benzene rings is 2. The van der Waals surface area contributed by atoms with E-state index in [0.717, 1.165) is 10.0 Å². The molecule has 2 aromatic carbocycles. The maximum absolute atomic E-state index is 12.3. The van der Waals surface area contributed by atoms with Crippen LogP contribution in [0.15, 0.2) is 51.8 Å². The van der Waals surface area contributed by atoms with Crippen LogP contribution in [0.3, 0.4) is 0 Å². The van der Waals surface area contributed by atoms with Crippen LogP contribution in [0.4, 0.5) is 5.69 Å². The monoisotopic (exact) mass is 410 g/mol. The molecule has 24 heavy (non-hydrogen) atoms. The average molecular weight is 411 g/mol. The Morgan fingerprint density at radius 2 is 1.75 bits per heavy atom. The topological polar surface area (TPSA) is 75.3 Å². The van der Waals surface area contributed by atoms with E-state index in [1.165, 1.54) is 0 Å². The molecule has 0 heterocycles. The van der Waals surface area contributed by atoms with Crippen molar-refractivity contribution < 1.29 is 13.2 Å². The van der Waals surface area contributed by atoms with E-state index in [1.54, 1.807) is 31.2 Å². The van der Waals surface area contributed by atoms with E-state index in [9.17, 15) is 13.2 Å². The van der Waals surface area contributed by atoms with Gasteiger partial charge in [0.15, 0.2) is 0 Å². The Morgan fingerprint density at radius 1 is 1.08 bits per heavy atom. The summed E-state index contributed by atoms with van der Waals surface area (Å²) in [4.78, 5) is 12.1. The Morgan fingerprint density at radius 3 is 2.42 bits per heavy atom. The van der Waals surface area contributed by atoms with Crippen LogP contribution in [0.5, 0.6) is 0 Å². The Hall–Kier alpha value is -1.70. The fourth-order valence-electron chi connectivity index (χ4n) is 2.13. The number of anilines is 1. The molecule has 2 N–H and O–H groups in total. The minimum Gasteiger partial charge on any atom is -0.326 e. The van der Waals surface area contributed by atoms with E-state index in [-0.39, 0.29) is 23.8 Å². The first-order valence-electron chi connectivity index (χ1n) is 7.40. The standard InChI is InChI=1S/C17H19BrN2O3S/c1-12-3-4-13(2)16(11-12)24(22,23)19-10-9-17(21)20-15-7-5-14(18)6-8-15/h3-8,11,19H,9-10H2,1-2H3,(H,20,21). The molecule has 1 amide bonds. The molecular weight excluding hydrogens is 392 g/mol. The van der Waals surface area contributed by atoms with Crippen molar-refractivity contribution in [3.63, 3.8) is 0 Å². The molecule has 0 saturated heterocycles. The van der Waals surface area contributed by atoms with Crippen LogP contribution in [0, 0.1) is 13.8 Å². The molecule has 0 radical (unpaired) electrons. The summed E-state index contributed by atoms with van der Waals surface area (Å²) >= 11 is 3.32. The third kappa shape index (κ3) is 5.15. The molecule has 0 aliphatic carbocycles. The predicted molar refractivity (Wildman–Crippen MR) is 98.5 cm³/mol. The van der Waals surface area contributed by atoms with Gasteiger partial charge >= 0.3 is 0 Å². The molecule has 0 bridgehead atoms. The van der Waals surface area contributed by atoms with Gasteiger partial charge in [0.2, 0.25) is 15.9 Å². The second-order valence-corrected chi connectivity index (χ2v) is 8.12. The summed E-state index contributed by atoms with van der Waals surface area (Å²) in [6.45, 7) is 3.62. The average Bonchev–Trinajstić information content (AvgIpc) is 2.51. The van der Waals surface area contributed by atoms with Crippen LogP contribution < -0.4 is 10.0 Å². The predicted octanol–water partition coefficient (Wildman–Crippen LogP) is 3.37. The minimum atomic E-state index is -3.62. The maximum Gasteiger partial charge on any atom is 0.240 e. The Kier molecular flexibility index (Phi) is 6.15. The molecule has 2 aromatic rings. The van der Waals surface area contributed by atoms with Gasteiger partial charge in [-0.2, -0.15) is 0 Å². The van der Waals surface area contributed by atoms with Gasteiger partial charge in [-0.3, -0.25) is 4.79 Å². The molecular formula is C17H19BrN2O3S. The number of nitrogens with one attached hydrogen (secondary N) is 2. The van der Waals surface area contributed by atoms with Crippen molar-refractivity contribution in [1.82, 2.24) is 4.72 Å². The largest absolute Gasteiger partial charge is 0.326 e. The SMILES string of the molecule is Cc1ccc(C)c(S(=O)(=O)NCCC(=O)Nc2ccc(Br)cc2)c1. The van der Waals surface area contributed by atoms with Crippen molar-refractivity contribution in [2.24, 2.45) is 0 Å². The van der Waals surface area contributed by atoms with Crippen molar-refractivity contribution >= 4 is 37.5 Å². The fraction of sp³-hybridized carbons (Fsp3) is 0.235. The van der Waals surface area contributed by atoms with E-state index in [2.05, 4.69) is 26.0 Å². The van der Waals surface area contributed by atoms with E-state index >= 15 is 0 Å². The molecule has 128 valence electrons. The summed E-state index contributed by atoms with van der Waals surface area (Å²) in [5.74, 6) is -0.249. The maximum atomic E-state index is 12.3. The molecule has 0 atom stereocenters. The lowest BCUT2D eigenvalue weighted by Gasteiger charge is -2.10. The second kappa shape index (κ2) is 7.92. The lowest BCUT2D eigenvalue weighted by Crippen LogP contribution is -2.28. The zero-order chi connectivity index (χ0) is 17.7. The zero-order valence-corrected chi connectivity index (χ0v) is 15.9. The van der Waals surface area contributed by atoms with E-state index in [4.69, 9.17) is 0 Å². The summed E-state index contributed by atoms with van der Waals surface area (Å²) in [7, 11) is -3.62. The highest BCUT2D eigenvalue weighted by atomic mass is 79.9. The molecule has 0 aliphatic heterocycles. The highest BCUT2D eigenvalue weighted by Crippen LogP contribution is 2.17. The first-order chi connectivity index (χ1) is 11.3. The van der Waals surface area contributed by atoms with Crippen LogP contribution in [0.25, 0.3) is 0 Å². The quantitative estimate of drug-likeness (QED) is 0.766. The molecule has 0 unspecified atom stereocenters. The molecule has 0 saturated carbocycles.